The maximum atomic E-state index is 14.2. The minimum atomic E-state index is -3.63. The van der Waals surface area contributed by atoms with Crippen LogP contribution in [0.25, 0.3) is 0 Å². The molecule has 1 fully saturated rings. The number of nitrogens with zero attached hydrogens (tertiary/aromatic N) is 4. The summed E-state index contributed by atoms with van der Waals surface area (Å²) in [7, 11) is -3.63. The normalized spacial score (nSPS) is 21.9. The molecule has 1 N–H and O–H groups in total. The van der Waals surface area contributed by atoms with Crippen molar-refractivity contribution in [3.8, 4) is 0 Å². The van der Waals surface area contributed by atoms with Gasteiger partial charge in [-0.2, -0.15) is 4.31 Å². The first-order valence-electron chi connectivity index (χ1n) is 13.6. The number of amides is 1. The molecule has 0 saturated carbocycles. The van der Waals surface area contributed by atoms with Gasteiger partial charge in [-0.3, -0.25) is 0 Å². The number of hydrogen-bond acceptors (Lipinski definition) is 10. The van der Waals surface area contributed by atoms with Gasteiger partial charge in [-0.15, -0.1) is 11.3 Å². The Balaban J connectivity index is 2.02. The summed E-state index contributed by atoms with van der Waals surface area (Å²) >= 11 is 7.78. The Labute approximate surface area is 259 Å². The molecule has 43 heavy (non-hydrogen) atoms. The molecule has 15 heteroatoms. The molecule has 1 unspecified atom stereocenters. The number of carbonyl (C=O) groups excluding carboxylic acids is 2. The van der Waals surface area contributed by atoms with Crippen LogP contribution in [0.3, 0.4) is 0 Å². The molecule has 0 bridgehead atoms. The van der Waals surface area contributed by atoms with Crippen LogP contribution in [-0.2, 0) is 24.3 Å². The first kappa shape index (κ1) is 33.0. The molecule has 2 aromatic rings. The fourth-order valence-electron chi connectivity index (χ4n) is 5.24. The number of benzene rings is 1. The predicted octanol–water partition coefficient (Wildman–Crippen LogP) is 4.52. The molecule has 1 aromatic carbocycles. The van der Waals surface area contributed by atoms with Gasteiger partial charge in [0.05, 0.1) is 30.7 Å². The van der Waals surface area contributed by atoms with E-state index in [-0.39, 0.29) is 53.7 Å². The Kier molecular flexibility index (Phi) is 9.96. The molecule has 0 aliphatic carbocycles. The van der Waals surface area contributed by atoms with Crippen LogP contribution in [0.5, 0.6) is 0 Å². The maximum Gasteiger partial charge on any atom is 0.416 e. The molecule has 1 aromatic heterocycles. The van der Waals surface area contributed by atoms with E-state index in [1.54, 1.807) is 33.1 Å². The van der Waals surface area contributed by atoms with Crippen molar-refractivity contribution in [3.63, 3.8) is 0 Å². The molecular formula is C28H34ClFN4O7S2. The third-order valence-corrected chi connectivity index (χ3v) is 9.34. The summed E-state index contributed by atoms with van der Waals surface area (Å²) in [5.41, 5.74) is -0.523. The lowest BCUT2D eigenvalue weighted by Crippen LogP contribution is -2.50. The highest BCUT2D eigenvalue weighted by molar-refractivity contribution is 7.88. The number of allylic oxidation sites excluding steroid dienone is 1. The van der Waals surface area contributed by atoms with Crippen LogP contribution in [-0.4, -0.2) is 83.3 Å². The predicted molar refractivity (Wildman–Crippen MR) is 160 cm³/mol. The zero-order valence-electron chi connectivity index (χ0n) is 24.4. The Morgan fingerprint density at radius 1 is 1.28 bits per heavy atom. The molecule has 2 aliphatic heterocycles. The molecule has 2 aliphatic rings. The maximum absolute atomic E-state index is 14.2. The summed E-state index contributed by atoms with van der Waals surface area (Å²) in [6.45, 7) is 6.30. The molecule has 4 rings (SSSR count). The quantitative estimate of drug-likeness (QED) is 0.429. The van der Waals surface area contributed by atoms with Crippen LogP contribution in [0.4, 0.5) is 9.18 Å². The van der Waals surface area contributed by atoms with Crippen molar-refractivity contribution >= 4 is 50.9 Å². The lowest BCUT2D eigenvalue weighted by Gasteiger charge is -2.41. The summed E-state index contributed by atoms with van der Waals surface area (Å²) in [5, 5.41) is 12.1. The Bertz CT molecular complexity index is 1540. The topological polar surface area (TPSA) is 139 Å². The van der Waals surface area contributed by atoms with Crippen molar-refractivity contribution in [2.45, 2.75) is 58.2 Å². The van der Waals surface area contributed by atoms with Crippen molar-refractivity contribution in [2.24, 2.45) is 10.9 Å². The molecule has 1 amide bonds. The molecule has 234 valence electrons. The summed E-state index contributed by atoms with van der Waals surface area (Å²) in [6.07, 6.45) is 2.14. The average molecular weight is 657 g/mol. The lowest BCUT2D eigenvalue weighted by molar-refractivity contribution is -0.139. The molecule has 3 atom stereocenters. The second kappa shape index (κ2) is 13.0. The summed E-state index contributed by atoms with van der Waals surface area (Å²) in [6, 6.07) is 1.57. The largest absolute Gasteiger partial charge is 0.463 e. The standard InChI is InChI=1S/C28H34ClFN4O7S2/c1-6-40-26(36)21-22(16-9-11-33(43(5,38)39)18(13-16)15-35)32-24(25-31-10-12-42-25)34(27(37)41-28(2,3)4)23(21)19-8-7-17(30)14-20(19)29/h7-8,10,12,14,16,18,23,35H,6,9,11,13,15H2,1-5H3/t16-,18-,23?/m0/s1. The van der Waals surface area contributed by atoms with Gasteiger partial charge in [0.2, 0.25) is 10.0 Å². The van der Waals surface area contributed by atoms with Crippen molar-refractivity contribution in [1.29, 1.82) is 0 Å². The number of amidine groups is 1. The number of aliphatic hydroxyl groups is 1. The van der Waals surface area contributed by atoms with Gasteiger partial charge in [-0.25, -0.2) is 37.3 Å². The summed E-state index contributed by atoms with van der Waals surface area (Å²) in [4.78, 5) is 38.2. The lowest BCUT2D eigenvalue weighted by atomic mass is 9.83. The molecule has 0 spiro atoms. The van der Waals surface area contributed by atoms with Gasteiger partial charge in [0.25, 0.3) is 0 Å². The summed E-state index contributed by atoms with van der Waals surface area (Å²) < 4.78 is 51.6. The number of piperidine rings is 1. The zero-order chi connectivity index (χ0) is 31.7. The SMILES string of the molecule is CCOC(=O)C1=C([C@H]2CCN(S(C)(=O)=O)[C@H](CO)C2)N=C(c2nccs2)N(C(=O)OC(C)(C)C)C1c1ccc(F)cc1Cl. The third-order valence-electron chi connectivity index (χ3n) is 6.91. The molecule has 11 nitrogen and oxygen atoms in total. The number of thiazole rings is 1. The van der Waals surface area contributed by atoms with Gasteiger partial charge < -0.3 is 14.6 Å². The first-order valence-corrected chi connectivity index (χ1v) is 16.7. The Hall–Kier alpha value is -2.91. The monoisotopic (exact) mass is 656 g/mol. The summed E-state index contributed by atoms with van der Waals surface area (Å²) in [5.74, 6) is -1.87. The van der Waals surface area contributed by atoms with Crippen molar-refractivity contribution in [1.82, 2.24) is 14.2 Å². The third kappa shape index (κ3) is 7.26. The number of carbonyl (C=O) groups is 2. The molecule has 0 radical (unpaired) electrons. The van der Waals surface area contributed by atoms with E-state index < -0.39 is 58.1 Å². The highest BCUT2D eigenvalue weighted by Crippen LogP contribution is 2.45. The molecule has 1 saturated heterocycles. The number of esters is 1. The first-order chi connectivity index (χ1) is 20.2. The number of hydrogen-bond donors (Lipinski definition) is 1. The fourth-order valence-corrected chi connectivity index (χ4v) is 7.27. The highest BCUT2D eigenvalue weighted by atomic mass is 35.5. The zero-order valence-corrected chi connectivity index (χ0v) is 26.8. The van der Waals surface area contributed by atoms with E-state index in [0.717, 1.165) is 18.4 Å². The van der Waals surface area contributed by atoms with Crippen molar-refractivity contribution < 1.29 is 37.0 Å². The number of aliphatic hydroxyl groups excluding tert-OH is 1. The van der Waals surface area contributed by atoms with E-state index in [1.807, 2.05) is 0 Å². The number of sulfonamides is 1. The minimum Gasteiger partial charge on any atom is -0.463 e. The van der Waals surface area contributed by atoms with Gasteiger partial charge in [0.15, 0.2) is 10.8 Å². The van der Waals surface area contributed by atoms with Crippen LogP contribution < -0.4 is 0 Å². The fraction of sp³-hybridized carbons (Fsp3) is 0.500. The van der Waals surface area contributed by atoms with Crippen LogP contribution >= 0.6 is 22.9 Å². The second-order valence-corrected chi connectivity index (χ2v) is 14.4. The van der Waals surface area contributed by atoms with Gasteiger partial charge in [0.1, 0.15) is 17.5 Å². The van der Waals surface area contributed by atoms with Gasteiger partial charge >= 0.3 is 12.1 Å². The highest BCUT2D eigenvalue weighted by Gasteiger charge is 2.47. The minimum absolute atomic E-state index is 0.000754. The number of aromatic nitrogens is 1. The Morgan fingerprint density at radius 3 is 2.56 bits per heavy atom. The van der Waals surface area contributed by atoms with Crippen LogP contribution in [0.1, 0.15) is 57.1 Å². The molecular weight excluding hydrogens is 623 g/mol. The van der Waals surface area contributed by atoms with E-state index in [0.29, 0.717) is 5.01 Å². The van der Waals surface area contributed by atoms with E-state index in [4.69, 9.17) is 26.1 Å². The number of halogens is 2. The van der Waals surface area contributed by atoms with Gasteiger partial charge in [-0.1, -0.05) is 17.7 Å². The van der Waals surface area contributed by atoms with Gasteiger partial charge in [-0.05, 0) is 58.2 Å². The van der Waals surface area contributed by atoms with E-state index in [2.05, 4.69) is 4.98 Å². The number of ether oxygens (including phenoxy) is 2. The van der Waals surface area contributed by atoms with Crippen LogP contribution in [0, 0.1) is 11.7 Å². The van der Waals surface area contributed by atoms with E-state index >= 15 is 0 Å². The van der Waals surface area contributed by atoms with Crippen LogP contribution in [0.15, 0.2) is 46.0 Å². The van der Waals surface area contributed by atoms with E-state index in [9.17, 15) is 27.5 Å². The van der Waals surface area contributed by atoms with E-state index in [1.165, 1.54) is 32.8 Å². The van der Waals surface area contributed by atoms with Crippen molar-refractivity contribution in [3.05, 3.63) is 62.5 Å². The van der Waals surface area contributed by atoms with Crippen LogP contribution in [0.2, 0.25) is 5.02 Å². The number of rotatable bonds is 7. The Morgan fingerprint density at radius 2 is 2.00 bits per heavy atom. The van der Waals surface area contributed by atoms with Crippen molar-refractivity contribution in [2.75, 3.05) is 26.0 Å². The average Bonchev–Trinajstić information content (AvgIpc) is 3.45. The smallest absolute Gasteiger partial charge is 0.416 e. The molecule has 3 heterocycles. The number of aliphatic imine (C=N–C) groups is 1. The second-order valence-electron chi connectivity index (χ2n) is 11.1. The van der Waals surface area contributed by atoms with Gasteiger partial charge in [0, 0.05) is 35.1 Å².